The maximum atomic E-state index is 13.5. The molecular formula is C22H24FN5O. The van der Waals surface area contributed by atoms with Crippen molar-refractivity contribution in [1.82, 2.24) is 19.7 Å². The van der Waals surface area contributed by atoms with Gasteiger partial charge in [0.25, 0.3) is 0 Å². The minimum Gasteiger partial charge on any atom is -0.378 e. The third-order valence-corrected chi connectivity index (χ3v) is 5.75. The normalized spacial score (nSPS) is 20.0. The van der Waals surface area contributed by atoms with Gasteiger partial charge in [0.05, 0.1) is 24.9 Å². The van der Waals surface area contributed by atoms with E-state index in [-0.39, 0.29) is 5.82 Å². The number of ether oxygens (including phenoxy) is 1. The lowest BCUT2D eigenvalue weighted by Crippen LogP contribution is -2.47. The van der Waals surface area contributed by atoms with Crippen LogP contribution in [0.2, 0.25) is 0 Å². The van der Waals surface area contributed by atoms with Crippen LogP contribution in [0.1, 0.15) is 23.5 Å². The average molecular weight is 393 g/mol. The summed E-state index contributed by atoms with van der Waals surface area (Å²) in [4.78, 5) is 6.87. The van der Waals surface area contributed by atoms with Crippen LogP contribution in [0.5, 0.6) is 0 Å². The Labute approximate surface area is 169 Å². The van der Waals surface area contributed by atoms with Gasteiger partial charge < -0.3 is 10.1 Å². The lowest BCUT2D eigenvalue weighted by molar-refractivity contribution is -0.0573. The zero-order chi connectivity index (χ0) is 19.8. The van der Waals surface area contributed by atoms with E-state index in [1.54, 1.807) is 23.1 Å². The number of hydrogen-bond donors (Lipinski definition) is 1. The summed E-state index contributed by atoms with van der Waals surface area (Å²) in [5, 5.41) is 7.73. The van der Waals surface area contributed by atoms with Crippen LogP contribution >= 0.6 is 0 Å². The quantitative estimate of drug-likeness (QED) is 0.717. The molecule has 2 saturated heterocycles. The summed E-state index contributed by atoms with van der Waals surface area (Å²) in [6, 6.07) is 13.5. The van der Waals surface area contributed by atoms with E-state index >= 15 is 0 Å². The fourth-order valence-electron chi connectivity index (χ4n) is 4.14. The Bertz CT molecular complexity index is 1020. The van der Waals surface area contributed by atoms with Crippen LogP contribution < -0.4 is 5.32 Å². The highest BCUT2D eigenvalue weighted by atomic mass is 19.1. The van der Waals surface area contributed by atoms with Crippen molar-refractivity contribution in [2.45, 2.75) is 25.3 Å². The van der Waals surface area contributed by atoms with Crippen LogP contribution in [-0.4, -0.2) is 52.0 Å². The summed E-state index contributed by atoms with van der Waals surface area (Å²) in [5.41, 5.74) is 4.17. The van der Waals surface area contributed by atoms with Crippen LogP contribution in [-0.2, 0) is 4.74 Å². The van der Waals surface area contributed by atoms with Gasteiger partial charge in [-0.25, -0.2) is 9.07 Å². The lowest BCUT2D eigenvalue weighted by atomic mass is 9.96. The van der Waals surface area contributed by atoms with Crippen molar-refractivity contribution in [2.24, 2.45) is 0 Å². The molecule has 1 N–H and O–H groups in total. The molecule has 2 aliphatic rings. The molecule has 0 radical (unpaired) electrons. The second kappa shape index (κ2) is 7.57. The number of nitrogens with one attached hydrogen (secondary N) is 1. The average Bonchev–Trinajstić information content (AvgIpc) is 3.30. The van der Waals surface area contributed by atoms with Crippen molar-refractivity contribution in [2.75, 3.05) is 31.6 Å². The molecule has 5 rings (SSSR count). The second-order valence-corrected chi connectivity index (χ2v) is 7.92. The van der Waals surface area contributed by atoms with Crippen molar-refractivity contribution < 1.29 is 9.13 Å². The molecule has 29 heavy (non-hydrogen) atoms. The van der Waals surface area contributed by atoms with E-state index in [1.807, 2.05) is 0 Å². The van der Waals surface area contributed by atoms with Gasteiger partial charge in [0, 0.05) is 12.2 Å². The van der Waals surface area contributed by atoms with Crippen LogP contribution in [0.15, 0.2) is 48.8 Å². The first kappa shape index (κ1) is 18.3. The minimum atomic E-state index is -0.296. The van der Waals surface area contributed by atoms with E-state index in [1.165, 1.54) is 29.7 Å². The van der Waals surface area contributed by atoms with E-state index in [4.69, 9.17) is 4.74 Å². The molecule has 6 nitrogen and oxygen atoms in total. The van der Waals surface area contributed by atoms with Crippen LogP contribution in [0.3, 0.4) is 0 Å². The van der Waals surface area contributed by atoms with Gasteiger partial charge in [0.2, 0.25) is 5.95 Å². The van der Waals surface area contributed by atoms with Gasteiger partial charge in [-0.3, -0.25) is 4.90 Å². The first-order chi connectivity index (χ1) is 14.1. The molecule has 1 aromatic heterocycles. The monoisotopic (exact) mass is 393 g/mol. The lowest BCUT2D eigenvalue weighted by Gasteiger charge is -2.34. The van der Waals surface area contributed by atoms with Crippen molar-refractivity contribution in [3.63, 3.8) is 0 Å². The number of halogens is 1. The SMILES string of the molecule is Cc1cc(Nc2ncn(-c3cccc(F)c3)n2)cc(C2CCN(C3COC3)C2)c1. The fourth-order valence-corrected chi connectivity index (χ4v) is 4.14. The highest BCUT2D eigenvalue weighted by Crippen LogP contribution is 2.32. The largest absolute Gasteiger partial charge is 0.378 e. The Morgan fingerprint density at radius 1 is 1.17 bits per heavy atom. The number of anilines is 2. The topological polar surface area (TPSA) is 55.2 Å². The molecule has 0 spiro atoms. The third kappa shape index (κ3) is 3.88. The molecule has 3 heterocycles. The zero-order valence-electron chi connectivity index (χ0n) is 16.4. The molecule has 0 bridgehead atoms. The summed E-state index contributed by atoms with van der Waals surface area (Å²) in [6.07, 6.45) is 2.76. The van der Waals surface area contributed by atoms with Gasteiger partial charge in [0.1, 0.15) is 12.1 Å². The van der Waals surface area contributed by atoms with Crippen molar-refractivity contribution in [1.29, 1.82) is 0 Å². The molecule has 2 aromatic carbocycles. The van der Waals surface area contributed by atoms with Crippen LogP contribution in [0.25, 0.3) is 5.69 Å². The highest BCUT2D eigenvalue weighted by Gasteiger charge is 2.33. The Hall–Kier alpha value is -2.77. The standard InChI is InChI=1S/C22H24FN5O/c1-15-7-17(16-5-6-27(11-16)21-12-29-13-21)9-19(8-15)25-22-24-14-28(26-22)20-4-2-3-18(23)10-20/h2-4,7-10,14,16,21H,5-6,11-13H2,1H3,(H,25,26). The van der Waals surface area contributed by atoms with E-state index < -0.39 is 0 Å². The van der Waals surface area contributed by atoms with E-state index in [0.717, 1.165) is 32.0 Å². The molecule has 0 aliphatic carbocycles. The van der Waals surface area contributed by atoms with Crippen molar-refractivity contribution >= 4 is 11.6 Å². The number of rotatable bonds is 5. The molecule has 2 fully saturated rings. The molecule has 1 atom stereocenters. The Balaban J connectivity index is 1.32. The van der Waals surface area contributed by atoms with E-state index in [0.29, 0.717) is 23.6 Å². The fraction of sp³-hybridized carbons (Fsp3) is 0.364. The smallest absolute Gasteiger partial charge is 0.246 e. The molecule has 0 saturated carbocycles. The number of aromatic nitrogens is 3. The molecule has 2 aliphatic heterocycles. The van der Waals surface area contributed by atoms with E-state index in [9.17, 15) is 4.39 Å². The first-order valence-corrected chi connectivity index (χ1v) is 10.0. The summed E-state index contributed by atoms with van der Waals surface area (Å²) >= 11 is 0. The summed E-state index contributed by atoms with van der Waals surface area (Å²) < 4.78 is 20.4. The minimum absolute atomic E-state index is 0.296. The molecule has 7 heteroatoms. The Kier molecular flexibility index (Phi) is 4.77. The predicted octanol–water partition coefficient (Wildman–Crippen LogP) is 3.65. The van der Waals surface area contributed by atoms with E-state index in [2.05, 4.69) is 45.4 Å². The molecule has 1 unspecified atom stereocenters. The summed E-state index contributed by atoms with van der Waals surface area (Å²) in [6.45, 7) is 6.07. The molecule has 0 amide bonds. The van der Waals surface area contributed by atoms with Gasteiger partial charge in [0.15, 0.2) is 0 Å². The second-order valence-electron chi connectivity index (χ2n) is 7.92. The van der Waals surface area contributed by atoms with Crippen LogP contribution in [0.4, 0.5) is 16.0 Å². The molecule has 3 aromatic rings. The zero-order valence-corrected chi connectivity index (χ0v) is 16.4. The molecular weight excluding hydrogens is 369 g/mol. The van der Waals surface area contributed by atoms with Gasteiger partial charge in [-0.05, 0) is 67.3 Å². The third-order valence-electron chi connectivity index (χ3n) is 5.75. The van der Waals surface area contributed by atoms with Gasteiger partial charge in [-0.15, -0.1) is 5.10 Å². The van der Waals surface area contributed by atoms with Gasteiger partial charge in [-0.2, -0.15) is 4.98 Å². The number of benzene rings is 2. The van der Waals surface area contributed by atoms with Crippen molar-refractivity contribution in [3.8, 4) is 5.69 Å². The van der Waals surface area contributed by atoms with Crippen LogP contribution in [0, 0.1) is 12.7 Å². The summed E-state index contributed by atoms with van der Waals surface area (Å²) in [5.74, 6) is 0.731. The highest BCUT2D eigenvalue weighted by molar-refractivity contribution is 5.56. The first-order valence-electron chi connectivity index (χ1n) is 10.0. The number of aryl methyl sites for hydroxylation is 1. The molecule has 150 valence electrons. The number of nitrogens with zero attached hydrogens (tertiary/aromatic N) is 4. The Morgan fingerprint density at radius 3 is 2.86 bits per heavy atom. The number of hydrogen-bond acceptors (Lipinski definition) is 5. The van der Waals surface area contributed by atoms with Crippen molar-refractivity contribution in [3.05, 3.63) is 65.7 Å². The Morgan fingerprint density at radius 2 is 2.07 bits per heavy atom. The maximum Gasteiger partial charge on any atom is 0.246 e. The summed E-state index contributed by atoms with van der Waals surface area (Å²) in [7, 11) is 0. The number of likely N-dealkylation sites (tertiary alicyclic amines) is 1. The predicted molar refractivity (Wildman–Crippen MR) is 109 cm³/mol. The van der Waals surface area contributed by atoms with Gasteiger partial charge in [-0.1, -0.05) is 12.1 Å². The van der Waals surface area contributed by atoms with Gasteiger partial charge >= 0.3 is 0 Å². The maximum absolute atomic E-state index is 13.5.